The van der Waals surface area contributed by atoms with Crippen molar-refractivity contribution in [3.63, 3.8) is 0 Å². The topological polar surface area (TPSA) is 21.3 Å². The minimum absolute atomic E-state index is 0.711. The second-order valence-electron chi connectivity index (χ2n) is 6.63. The maximum absolute atomic E-state index is 5.62. The van der Waals surface area contributed by atoms with Crippen molar-refractivity contribution in [2.45, 2.75) is 58.9 Å². The van der Waals surface area contributed by atoms with Gasteiger partial charge in [0.05, 0.1) is 6.61 Å². The van der Waals surface area contributed by atoms with Crippen LogP contribution in [0.5, 0.6) is 0 Å². The summed E-state index contributed by atoms with van der Waals surface area (Å²) in [6, 6.07) is 0.711. The first kappa shape index (κ1) is 14.3. The number of hydrogen-bond acceptors (Lipinski definition) is 2. The number of ether oxygens (including phenoxy) is 1. The Labute approximate surface area is 113 Å². The zero-order chi connectivity index (χ0) is 13.0. The molecular formula is C16H31NO. The van der Waals surface area contributed by atoms with E-state index in [9.17, 15) is 0 Å². The van der Waals surface area contributed by atoms with E-state index in [1.165, 1.54) is 38.6 Å². The molecule has 0 aromatic carbocycles. The fourth-order valence-corrected chi connectivity index (χ4v) is 3.78. The standard InChI is InChI=1S/C16H31NO/c1-4-8-17-16(15-7-9-18-11-15)14-6-5-12(2)13(3)10-14/h12-17H,4-11H2,1-3H3. The quantitative estimate of drug-likeness (QED) is 0.810. The lowest BCUT2D eigenvalue weighted by molar-refractivity contribution is 0.124. The summed E-state index contributed by atoms with van der Waals surface area (Å²) in [6.07, 6.45) is 6.76. The van der Waals surface area contributed by atoms with Crippen LogP contribution < -0.4 is 5.32 Å². The van der Waals surface area contributed by atoms with E-state index in [1.807, 2.05) is 0 Å². The van der Waals surface area contributed by atoms with Crippen molar-refractivity contribution in [1.29, 1.82) is 0 Å². The van der Waals surface area contributed by atoms with Gasteiger partial charge in [0.25, 0.3) is 0 Å². The van der Waals surface area contributed by atoms with Gasteiger partial charge >= 0.3 is 0 Å². The highest BCUT2D eigenvalue weighted by Crippen LogP contribution is 2.38. The van der Waals surface area contributed by atoms with Crippen molar-refractivity contribution in [3.05, 3.63) is 0 Å². The third kappa shape index (κ3) is 3.48. The van der Waals surface area contributed by atoms with Gasteiger partial charge in [-0.2, -0.15) is 0 Å². The summed E-state index contributed by atoms with van der Waals surface area (Å²) in [5.74, 6) is 3.47. The fraction of sp³-hybridized carbons (Fsp3) is 1.00. The average Bonchev–Trinajstić information content (AvgIpc) is 2.88. The number of nitrogens with one attached hydrogen (secondary N) is 1. The van der Waals surface area contributed by atoms with Crippen molar-refractivity contribution in [1.82, 2.24) is 5.32 Å². The molecule has 106 valence electrons. The molecule has 18 heavy (non-hydrogen) atoms. The Morgan fingerprint density at radius 1 is 1.11 bits per heavy atom. The smallest absolute Gasteiger partial charge is 0.0510 e. The molecule has 5 atom stereocenters. The largest absolute Gasteiger partial charge is 0.381 e. The molecule has 1 N–H and O–H groups in total. The van der Waals surface area contributed by atoms with Crippen LogP contribution in [0.25, 0.3) is 0 Å². The molecule has 1 heterocycles. The van der Waals surface area contributed by atoms with E-state index in [1.54, 1.807) is 0 Å². The summed E-state index contributed by atoms with van der Waals surface area (Å²) < 4.78 is 5.62. The van der Waals surface area contributed by atoms with Crippen LogP contribution in [0.2, 0.25) is 0 Å². The van der Waals surface area contributed by atoms with Crippen LogP contribution in [0.4, 0.5) is 0 Å². The lowest BCUT2D eigenvalue weighted by Gasteiger charge is -2.39. The zero-order valence-corrected chi connectivity index (χ0v) is 12.5. The number of hydrogen-bond donors (Lipinski definition) is 1. The molecule has 2 aliphatic rings. The summed E-state index contributed by atoms with van der Waals surface area (Å²) >= 11 is 0. The van der Waals surface area contributed by atoms with Crippen molar-refractivity contribution in [2.75, 3.05) is 19.8 Å². The van der Waals surface area contributed by atoms with Gasteiger partial charge in [0, 0.05) is 18.6 Å². The SMILES string of the molecule is CCCNC(C1CCOC1)C1CCC(C)C(C)C1. The normalized spacial score (nSPS) is 38.8. The van der Waals surface area contributed by atoms with Crippen LogP contribution >= 0.6 is 0 Å². The highest BCUT2D eigenvalue weighted by atomic mass is 16.5. The third-order valence-corrected chi connectivity index (χ3v) is 5.25. The highest BCUT2D eigenvalue weighted by Gasteiger charge is 2.35. The molecule has 0 amide bonds. The molecule has 5 unspecified atom stereocenters. The lowest BCUT2D eigenvalue weighted by atomic mass is 9.70. The molecule has 2 fully saturated rings. The Bertz CT molecular complexity index is 237. The highest BCUT2D eigenvalue weighted by molar-refractivity contribution is 4.89. The van der Waals surface area contributed by atoms with E-state index >= 15 is 0 Å². The summed E-state index contributed by atoms with van der Waals surface area (Å²) in [6.45, 7) is 10.3. The molecule has 2 nitrogen and oxygen atoms in total. The molecule has 0 spiro atoms. The minimum Gasteiger partial charge on any atom is -0.381 e. The van der Waals surface area contributed by atoms with Gasteiger partial charge in [-0.1, -0.05) is 27.2 Å². The Morgan fingerprint density at radius 2 is 1.94 bits per heavy atom. The van der Waals surface area contributed by atoms with Gasteiger partial charge in [0.2, 0.25) is 0 Å². The van der Waals surface area contributed by atoms with Crippen molar-refractivity contribution in [3.8, 4) is 0 Å². The first-order chi connectivity index (χ1) is 8.72. The Balaban J connectivity index is 1.94. The maximum atomic E-state index is 5.62. The summed E-state index contributed by atoms with van der Waals surface area (Å²) in [7, 11) is 0. The van der Waals surface area contributed by atoms with Gasteiger partial charge < -0.3 is 10.1 Å². The first-order valence-corrected chi connectivity index (χ1v) is 8.03. The van der Waals surface area contributed by atoms with Gasteiger partial charge in [-0.05, 0) is 50.0 Å². The lowest BCUT2D eigenvalue weighted by Crippen LogP contribution is -2.45. The predicted molar refractivity (Wildman–Crippen MR) is 76.7 cm³/mol. The van der Waals surface area contributed by atoms with E-state index in [-0.39, 0.29) is 0 Å². The molecule has 2 rings (SSSR count). The number of rotatable bonds is 5. The van der Waals surface area contributed by atoms with E-state index in [4.69, 9.17) is 4.74 Å². The van der Waals surface area contributed by atoms with Crippen LogP contribution in [0.1, 0.15) is 52.9 Å². The maximum Gasteiger partial charge on any atom is 0.0510 e. The molecule has 0 bridgehead atoms. The van der Waals surface area contributed by atoms with E-state index < -0.39 is 0 Å². The molecule has 1 saturated carbocycles. The Kier molecular flexibility index (Phi) is 5.50. The van der Waals surface area contributed by atoms with Gasteiger partial charge in [-0.15, -0.1) is 0 Å². The minimum atomic E-state index is 0.711. The molecule has 2 heteroatoms. The van der Waals surface area contributed by atoms with Crippen molar-refractivity contribution in [2.24, 2.45) is 23.7 Å². The van der Waals surface area contributed by atoms with E-state index in [2.05, 4.69) is 26.1 Å². The summed E-state index contributed by atoms with van der Waals surface area (Å²) in [5, 5.41) is 3.84. The molecule has 1 aliphatic carbocycles. The van der Waals surface area contributed by atoms with Crippen LogP contribution in [0.15, 0.2) is 0 Å². The second kappa shape index (κ2) is 6.91. The molecule has 0 radical (unpaired) electrons. The summed E-state index contributed by atoms with van der Waals surface area (Å²) in [4.78, 5) is 0. The fourth-order valence-electron chi connectivity index (χ4n) is 3.78. The van der Waals surface area contributed by atoms with E-state index in [0.717, 1.165) is 36.9 Å². The average molecular weight is 253 g/mol. The molecule has 1 aliphatic heterocycles. The van der Waals surface area contributed by atoms with Gasteiger partial charge in [-0.3, -0.25) is 0 Å². The van der Waals surface area contributed by atoms with Crippen LogP contribution in [0, 0.1) is 23.7 Å². The summed E-state index contributed by atoms with van der Waals surface area (Å²) in [5.41, 5.74) is 0. The molecular weight excluding hydrogens is 222 g/mol. The molecule has 0 aromatic rings. The molecule has 0 aromatic heterocycles. The first-order valence-electron chi connectivity index (χ1n) is 8.03. The van der Waals surface area contributed by atoms with Gasteiger partial charge in [0.15, 0.2) is 0 Å². The Morgan fingerprint density at radius 3 is 2.56 bits per heavy atom. The van der Waals surface area contributed by atoms with E-state index in [0.29, 0.717) is 6.04 Å². The van der Waals surface area contributed by atoms with Gasteiger partial charge in [-0.25, -0.2) is 0 Å². The second-order valence-corrected chi connectivity index (χ2v) is 6.63. The van der Waals surface area contributed by atoms with Crippen molar-refractivity contribution >= 4 is 0 Å². The monoisotopic (exact) mass is 253 g/mol. The van der Waals surface area contributed by atoms with Crippen molar-refractivity contribution < 1.29 is 4.74 Å². The van der Waals surface area contributed by atoms with Crippen LogP contribution in [0.3, 0.4) is 0 Å². The Hall–Kier alpha value is -0.0800. The van der Waals surface area contributed by atoms with Crippen LogP contribution in [-0.4, -0.2) is 25.8 Å². The zero-order valence-electron chi connectivity index (χ0n) is 12.5. The third-order valence-electron chi connectivity index (χ3n) is 5.25. The van der Waals surface area contributed by atoms with Gasteiger partial charge in [0.1, 0.15) is 0 Å². The molecule has 1 saturated heterocycles. The van der Waals surface area contributed by atoms with Crippen LogP contribution in [-0.2, 0) is 4.74 Å². The predicted octanol–water partition coefficient (Wildman–Crippen LogP) is 3.46.